The second-order valence-electron chi connectivity index (χ2n) is 8.81. The van der Waals surface area contributed by atoms with Gasteiger partial charge >= 0.3 is 12.2 Å². The van der Waals surface area contributed by atoms with Crippen molar-refractivity contribution >= 4 is 11.7 Å². The summed E-state index contributed by atoms with van der Waals surface area (Å²) < 4.78 is 46.6. The van der Waals surface area contributed by atoms with E-state index in [2.05, 4.69) is 37.6 Å². The van der Waals surface area contributed by atoms with Gasteiger partial charge in [-0.2, -0.15) is 18.3 Å². The summed E-state index contributed by atoms with van der Waals surface area (Å²) in [6.45, 7) is 4.02. The fourth-order valence-electron chi connectivity index (χ4n) is 5.14. The largest absolute Gasteiger partial charge is 0.423 e. The van der Waals surface area contributed by atoms with Crippen molar-refractivity contribution in [1.29, 1.82) is 0 Å². The number of piperidine rings is 1. The number of urea groups is 1. The van der Waals surface area contributed by atoms with Crippen LogP contribution in [0, 0.1) is 5.92 Å². The molecule has 5 rings (SSSR count). The van der Waals surface area contributed by atoms with Gasteiger partial charge in [-0.25, -0.2) is 9.78 Å². The monoisotopic (exact) mass is 473 g/mol. The zero-order valence-electron chi connectivity index (χ0n) is 18.5. The number of halogens is 3. The molecule has 12 heteroatoms. The van der Waals surface area contributed by atoms with Crippen molar-refractivity contribution < 1.29 is 22.4 Å². The Hall–Kier alpha value is -3.57. The van der Waals surface area contributed by atoms with Gasteiger partial charge in [0.25, 0.3) is 0 Å². The van der Waals surface area contributed by atoms with Crippen LogP contribution in [0.15, 0.2) is 35.0 Å². The lowest BCUT2D eigenvalue weighted by atomic mass is 9.64. The molecule has 178 valence electrons. The number of carbonyl (C=O) groups is 1. The first kappa shape index (κ1) is 22.2. The van der Waals surface area contributed by atoms with Crippen LogP contribution >= 0.6 is 0 Å². The second-order valence-corrected chi connectivity index (χ2v) is 8.81. The Morgan fingerprint density at radius 1 is 1.24 bits per heavy atom. The summed E-state index contributed by atoms with van der Waals surface area (Å²) in [6, 6.07) is 2.88. The maximum Gasteiger partial charge on any atom is 0.417 e. The summed E-state index contributed by atoms with van der Waals surface area (Å²) in [5, 5.41) is 18.3. The number of aryl methyl sites for hydroxylation is 1. The molecule has 1 aliphatic carbocycles. The number of nitrogens with zero attached hydrogens (tertiary/aromatic N) is 6. The van der Waals surface area contributed by atoms with Gasteiger partial charge in [0.1, 0.15) is 5.54 Å². The number of likely N-dealkylation sites (tertiary alicyclic amines) is 1. The number of amides is 2. The fraction of sp³-hybridized carbons (Fsp3) is 0.455. The molecule has 34 heavy (non-hydrogen) atoms. The Kier molecular flexibility index (Phi) is 5.25. The smallest absolute Gasteiger partial charge is 0.417 e. The number of aromatic nitrogens is 5. The molecule has 1 saturated carbocycles. The summed E-state index contributed by atoms with van der Waals surface area (Å²) in [5.41, 5.74) is -1.71. The molecule has 0 spiro atoms. The number of hydrogen-bond acceptors (Lipinski definition) is 7. The van der Waals surface area contributed by atoms with E-state index in [1.807, 2.05) is 6.92 Å². The highest BCUT2D eigenvalue weighted by atomic mass is 19.4. The van der Waals surface area contributed by atoms with E-state index >= 15 is 0 Å². The predicted molar refractivity (Wildman–Crippen MR) is 113 cm³/mol. The molecule has 2 aromatic heterocycles. The van der Waals surface area contributed by atoms with Crippen molar-refractivity contribution in [2.45, 2.75) is 57.3 Å². The molecule has 3 atom stereocenters. The van der Waals surface area contributed by atoms with E-state index in [0.29, 0.717) is 37.0 Å². The van der Waals surface area contributed by atoms with Crippen LogP contribution in [0.3, 0.4) is 0 Å². The van der Waals surface area contributed by atoms with Crippen LogP contribution in [0.25, 0.3) is 11.4 Å². The van der Waals surface area contributed by atoms with Gasteiger partial charge in [-0.3, -0.25) is 0 Å². The van der Waals surface area contributed by atoms with E-state index in [0.717, 1.165) is 12.5 Å². The van der Waals surface area contributed by atoms with Gasteiger partial charge in [0.15, 0.2) is 5.82 Å². The van der Waals surface area contributed by atoms with Crippen LogP contribution in [0.2, 0.25) is 0 Å². The Morgan fingerprint density at radius 2 is 2.06 bits per heavy atom. The summed E-state index contributed by atoms with van der Waals surface area (Å²) in [4.78, 5) is 18.9. The average Bonchev–Trinajstić information content (AvgIpc) is 3.28. The summed E-state index contributed by atoms with van der Waals surface area (Å²) in [7, 11) is 0. The number of nitrogens with one attached hydrogen (secondary N) is 1. The average molecular weight is 473 g/mol. The van der Waals surface area contributed by atoms with Crippen molar-refractivity contribution in [3.05, 3.63) is 47.9 Å². The van der Waals surface area contributed by atoms with Gasteiger partial charge < -0.3 is 14.6 Å². The molecule has 9 nitrogen and oxygen atoms in total. The molecule has 2 aliphatic rings. The van der Waals surface area contributed by atoms with Gasteiger partial charge in [0.05, 0.1) is 11.8 Å². The number of alkyl halides is 3. The lowest BCUT2D eigenvalue weighted by molar-refractivity contribution is -0.137. The highest BCUT2D eigenvalue weighted by Crippen LogP contribution is 2.55. The maximum absolute atomic E-state index is 13.6. The van der Waals surface area contributed by atoms with E-state index < -0.39 is 23.3 Å². The van der Waals surface area contributed by atoms with Crippen molar-refractivity contribution in [3.8, 4) is 11.4 Å². The SMILES string of the molecule is CCc1nnc([C@@]23C[C@H](C)C[C@@H](C2)N3C(=O)Nc2ccc(C(F)(F)F)c(-c3nccnn3)c2)o1. The van der Waals surface area contributed by atoms with E-state index in [1.54, 1.807) is 4.90 Å². The van der Waals surface area contributed by atoms with Gasteiger partial charge in [-0.1, -0.05) is 13.8 Å². The van der Waals surface area contributed by atoms with E-state index in [-0.39, 0.29) is 23.1 Å². The standard InChI is InChI=1S/C22H22F3N7O2/c1-3-17-29-31-19(34-17)21-10-12(2)8-14(11-21)32(21)20(33)28-13-4-5-16(22(23,24)25)15(9-13)18-26-6-7-27-30-18/h4-7,9,12,14H,3,8,10-11H2,1-2H3,(H,28,33)/t12-,14+,21-/m1/s1. The Bertz CT molecular complexity index is 1220. The number of fused-ring (bicyclic) bond motifs is 2. The molecule has 1 saturated heterocycles. The lowest BCUT2D eigenvalue weighted by Gasteiger charge is -2.61. The normalized spacial score (nSPS) is 24.0. The Morgan fingerprint density at radius 3 is 2.74 bits per heavy atom. The minimum absolute atomic E-state index is 0.0173. The number of benzene rings is 1. The molecule has 0 unspecified atom stereocenters. The zero-order valence-corrected chi connectivity index (χ0v) is 18.5. The Balaban J connectivity index is 1.46. The molecule has 2 amide bonds. The fourth-order valence-corrected chi connectivity index (χ4v) is 5.14. The van der Waals surface area contributed by atoms with Crippen LogP contribution in [-0.4, -0.2) is 42.4 Å². The first-order chi connectivity index (χ1) is 16.2. The molecule has 1 N–H and O–H groups in total. The van der Waals surface area contributed by atoms with Crippen molar-refractivity contribution in [1.82, 2.24) is 30.3 Å². The molecule has 1 aromatic carbocycles. The lowest BCUT2D eigenvalue weighted by Crippen LogP contribution is -2.70. The molecule has 0 radical (unpaired) electrons. The van der Waals surface area contributed by atoms with Gasteiger partial charge in [-0.05, 0) is 37.0 Å². The number of rotatable bonds is 4. The first-order valence-electron chi connectivity index (χ1n) is 11.0. The first-order valence-corrected chi connectivity index (χ1v) is 11.0. The maximum atomic E-state index is 13.6. The van der Waals surface area contributed by atoms with Crippen LogP contribution in [-0.2, 0) is 18.1 Å². The van der Waals surface area contributed by atoms with Crippen molar-refractivity contribution in [2.24, 2.45) is 5.92 Å². The van der Waals surface area contributed by atoms with Crippen LogP contribution in [0.4, 0.5) is 23.7 Å². The zero-order chi connectivity index (χ0) is 24.1. The Labute approximate surface area is 192 Å². The third kappa shape index (κ3) is 3.66. The van der Waals surface area contributed by atoms with Crippen LogP contribution < -0.4 is 5.32 Å². The minimum Gasteiger partial charge on any atom is -0.423 e. The highest BCUT2D eigenvalue weighted by Gasteiger charge is 2.62. The number of anilines is 1. The van der Waals surface area contributed by atoms with Crippen LogP contribution in [0.1, 0.15) is 50.5 Å². The third-order valence-electron chi connectivity index (χ3n) is 6.45. The summed E-state index contributed by atoms with van der Waals surface area (Å²) >= 11 is 0. The number of hydrogen-bond donors (Lipinski definition) is 1. The molecule has 2 bridgehead atoms. The molecule has 2 fully saturated rings. The molecule has 3 heterocycles. The second kappa shape index (κ2) is 8.03. The molecule has 1 aliphatic heterocycles. The third-order valence-corrected chi connectivity index (χ3v) is 6.45. The summed E-state index contributed by atoms with van der Waals surface area (Å²) in [5.74, 6) is 1.07. The quantitative estimate of drug-likeness (QED) is 0.597. The van der Waals surface area contributed by atoms with Gasteiger partial charge in [0.2, 0.25) is 11.8 Å². The van der Waals surface area contributed by atoms with E-state index in [4.69, 9.17) is 4.42 Å². The van der Waals surface area contributed by atoms with Gasteiger partial charge in [-0.15, -0.1) is 15.3 Å². The van der Waals surface area contributed by atoms with Gasteiger partial charge in [0, 0.05) is 36.3 Å². The highest BCUT2D eigenvalue weighted by molar-refractivity contribution is 5.92. The topological polar surface area (TPSA) is 110 Å². The van der Waals surface area contributed by atoms with Crippen molar-refractivity contribution in [3.63, 3.8) is 0 Å². The van der Waals surface area contributed by atoms with Crippen LogP contribution in [0.5, 0.6) is 0 Å². The predicted octanol–water partition coefficient (Wildman–Crippen LogP) is 4.43. The molecular weight excluding hydrogens is 451 g/mol. The van der Waals surface area contributed by atoms with Crippen molar-refractivity contribution in [2.75, 3.05) is 5.32 Å². The molecule has 3 aromatic rings. The molecular formula is C22H22F3N7O2. The van der Waals surface area contributed by atoms with E-state index in [9.17, 15) is 18.0 Å². The van der Waals surface area contributed by atoms with E-state index in [1.165, 1.54) is 24.5 Å². The minimum atomic E-state index is -4.62. The summed E-state index contributed by atoms with van der Waals surface area (Å²) in [6.07, 6.45) is 0.690. The number of carbonyl (C=O) groups excluding carboxylic acids is 1.